The Morgan fingerprint density at radius 3 is 2.08 bits per heavy atom. The first kappa shape index (κ1) is 26.2. The van der Waals surface area contributed by atoms with E-state index in [1.807, 2.05) is 66.7 Å². The topological polar surface area (TPSA) is 71.3 Å². The summed E-state index contributed by atoms with van der Waals surface area (Å²) in [5.41, 5.74) is 4.07. The first-order valence-corrected chi connectivity index (χ1v) is 12.5. The van der Waals surface area contributed by atoms with E-state index >= 15 is 0 Å². The van der Waals surface area contributed by atoms with Gasteiger partial charge in [0.2, 0.25) is 0 Å². The molecule has 0 spiro atoms. The van der Waals surface area contributed by atoms with Crippen LogP contribution in [0.5, 0.6) is 11.5 Å². The summed E-state index contributed by atoms with van der Waals surface area (Å²) in [6, 6.07) is 37.7. The molecule has 0 saturated heterocycles. The molecule has 1 N–H and O–H groups in total. The Kier molecular flexibility index (Phi) is 9.31. The molecule has 0 saturated carbocycles. The maximum absolute atomic E-state index is 12.7. The van der Waals surface area contributed by atoms with Crippen LogP contribution in [0.1, 0.15) is 34.6 Å². The molecule has 4 rings (SSSR count). The van der Waals surface area contributed by atoms with Gasteiger partial charge in [-0.1, -0.05) is 91.0 Å². The number of carbonyl (C=O) groups is 1. The van der Waals surface area contributed by atoms with Crippen LogP contribution >= 0.6 is 0 Å². The van der Waals surface area contributed by atoms with Gasteiger partial charge in [0.05, 0.1) is 13.7 Å². The third kappa shape index (κ3) is 7.11. The predicted molar refractivity (Wildman–Crippen MR) is 150 cm³/mol. The number of benzene rings is 4. The van der Waals surface area contributed by atoms with Gasteiger partial charge >= 0.3 is 0 Å². The molecule has 0 atom stereocenters. The van der Waals surface area contributed by atoms with E-state index in [-0.39, 0.29) is 11.5 Å². The second-order valence-corrected chi connectivity index (χ2v) is 8.75. The van der Waals surface area contributed by atoms with Crippen molar-refractivity contribution in [1.82, 2.24) is 5.32 Å². The monoisotopic (exact) mass is 502 g/mol. The standard InChI is InChI=1S/C33H30N2O3/c1-37-30-18-16-25(17-19-30)24-35-33(36)29(23-34)22-28-14-8-9-15-32(28)38-21-20-31(26-10-4-2-5-11-26)27-12-6-3-7-13-27/h2-19,22,31H,20-21,24H2,1H3,(H,35,36)/b29-22+. The van der Waals surface area contributed by atoms with E-state index in [9.17, 15) is 10.1 Å². The third-order valence-electron chi connectivity index (χ3n) is 6.26. The van der Waals surface area contributed by atoms with Crippen LogP contribution in [-0.2, 0) is 11.3 Å². The van der Waals surface area contributed by atoms with Crippen LogP contribution in [-0.4, -0.2) is 19.6 Å². The molecule has 1 amide bonds. The number of hydrogen-bond acceptors (Lipinski definition) is 4. The van der Waals surface area contributed by atoms with Crippen molar-refractivity contribution in [3.63, 3.8) is 0 Å². The summed E-state index contributed by atoms with van der Waals surface area (Å²) in [4.78, 5) is 12.7. The van der Waals surface area contributed by atoms with Gasteiger partial charge in [0.25, 0.3) is 5.91 Å². The Hall–Kier alpha value is -4.82. The number of carbonyl (C=O) groups excluding carboxylic acids is 1. The van der Waals surface area contributed by atoms with Gasteiger partial charge < -0.3 is 14.8 Å². The van der Waals surface area contributed by atoms with Crippen LogP contribution in [0, 0.1) is 11.3 Å². The number of nitrogens with one attached hydrogen (secondary N) is 1. The molecule has 0 aliphatic rings. The van der Waals surface area contributed by atoms with Crippen LogP contribution in [0.2, 0.25) is 0 Å². The molecule has 5 heteroatoms. The van der Waals surface area contributed by atoms with E-state index < -0.39 is 5.91 Å². The molecule has 4 aromatic rings. The molecule has 0 heterocycles. The largest absolute Gasteiger partial charge is 0.497 e. The van der Waals surface area contributed by atoms with Crippen LogP contribution < -0.4 is 14.8 Å². The molecule has 0 aromatic heterocycles. The number of nitrogens with zero attached hydrogens (tertiary/aromatic N) is 1. The molecule has 190 valence electrons. The molecular weight excluding hydrogens is 472 g/mol. The highest BCUT2D eigenvalue weighted by molar-refractivity contribution is 6.01. The first-order valence-electron chi connectivity index (χ1n) is 12.5. The zero-order valence-corrected chi connectivity index (χ0v) is 21.3. The molecule has 4 aromatic carbocycles. The number of amides is 1. The summed E-state index contributed by atoms with van der Waals surface area (Å²) in [6.45, 7) is 0.783. The summed E-state index contributed by atoms with van der Waals surface area (Å²) in [7, 11) is 1.60. The van der Waals surface area contributed by atoms with E-state index in [0.29, 0.717) is 24.5 Å². The van der Waals surface area contributed by atoms with E-state index in [1.54, 1.807) is 13.2 Å². The van der Waals surface area contributed by atoms with Gasteiger partial charge in [-0.05, 0) is 47.4 Å². The van der Waals surface area contributed by atoms with Crippen molar-refractivity contribution in [3.05, 3.63) is 137 Å². The summed E-state index contributed by atoms with van der Waals surface area (Å²) in [5.74, 6) is 1.13. The Labute approximate surface area is 224 Å². The second kappa shape index (κ2) is 13.5. The molecule has 5 nitrogen and oxygen atoms in total. The Balaban J connectivity index is 1.43. The average Bonchev–Trinajstić information content (AvgIpc) is 2.98. The van der Waals surface area contributed by atoms with Crippen molar-refractivity contribution in [2.75, 3.05) is 13.7 Å². The van der Waals surface area contributed by atoms with E-state index in [4.69, 9.17) is 9.47 Å². The summed E-state index contributed by atoms with van der Waals surface area (Å²) < 4.78 is 11.4. The minimum absolute atomic E-state index is 0.0148. The fourth-order valence-corrected chi connectivity index (χ4v) is 4.24. The number of methoxy groups -OCH3 is 1. The number of ether oxygens (including phenoxy) is 2. The van der Waals surface area contributed by atoms with E-state index in [0.717, 1.165) is 17.7 Å². The summed E-state index contributed by atoms with van der Waals surface area (Å²) >= 11 is 0. The second-order valence-electron chi connectivity index (χ2n) is 8.75. The number of hydrogen-bond donors (Lipinski definition) is 1. The number of para-hydroxylation sites is 1. The lowest BCUT2D eigenvalue weighted by Gasteiger charge is -2.19. The summed E-state index contributed by atoms with van der Waals surface area (Å²) in [5, 5.41) is 12.5. The van der Waals surface area contributed by atoms with Crippen LogP contribution in [0.25, 0.3) is 6.08 Å². The lowest BCUT2D eigenvalue weighted by atomic mass is 9.89. The van der Waals surface area contributed by atoms with Crippen molar-refractivity contribution >= 4 is 12.0 Å². The highest BCUT2D eigenvalue weighted by Crippen LogP contribution is 2.29. The lowest BCUT2D eigenvalue weighted by molar-refractivity contribution is -0.117. The Morgan fingerprint density at radius 2 is 1.47 bits per heavy atom. The van der Waals surface area contributed by atoms with Crippen LogP contribution in [0.15, 0.2) is 115 Å². The average molecular weight is 503 g/mol. The van der Waals surface area contributed by atoms with Gasteiger partial charge in [-0.25, -0.2) is 0 Å². The number of rotatable bonds is 11. The Morgan fingerprint density at radius 1 is 0.868 bits per heavy atom. The number of nitriles is 1. The maximum atomic E-state index is 12.7. The van der Waals surface area contributed by atoms with Gasteiger partial charge in [-0.3, -0.25) is 4.79 Å². The highest BCUT2D eigenvalue weighted by atomic mass is 16.5. The van der Waals surface area contributed by atoms with E-state index in [2.05, 4.69) is 53.8 Å². The molecule has 0 aliphatic heterocycles. The zero-order chi connectivity index (χ0) is 26.6. The van der Waals surface area contributed by atoms with Crippen molar-refractivity contribution < 1.29 is 14.3 Å². The molecule has 38 heavy (non-hydrogen) atoms. The third-order valence-corrected chi connectivity index (χ3v) is 6.26. The molecule has 0 bridgehead atoms. The van der Waals surface area contributed by atoms with E-state index in [1.165, 1.54) is 11.1 Å². The smallest absolute Gasteiger partial charge is 0.262 e. The van der Waals surface area contributed by atoms with Gasteiger partial charge in [0.1, 0.15) is 23.1 Å². The summed E-state index contributed by atoms with van der Waals surface area (Å²) in [6.07, 6.45) is 2.35. The quantitative estimate of drug-likeness (QED) is 0.187. The fraction of sp³-hybridized carbons (Fsp3) is 0.152. The lowest BCUT2D eigenvalue weighted by Crippen LogP contribution is -2.23. The van der Waals surface area contributed by atoms with Crippen molar-refractivity contribution in [2.45, 2.75) is 18.9 Å². The molecule has 0 aliphatic carbocycles. The maximum Gasteiger partial charge on any atom is 0.262 e. The van der Waals surface area contributed by atoms with Crippen molar-refractivity contribution in [1.29, 1.82) is 5.26 Å². The van der Waals surface area contributed by atoms with Crippen LogP contribution in [0.3, 0.4) is 0 Å². The van der Waals surface area contributed by atoms with Crippen molar-refractivity contribution in [3.8, 4) is 17.6 Å². The minimum atomic E-state index is -0.439. The molecular formula is C33H30N2O3. The zero-order valence-electron chi connectivity index (χ0n) is 21.3. The molecule has 0 radical (unpaired) electrons. The minimum Gasteiger partial charge on any atom is -0.497 e. The van der Waals surface area contributed by atoms with Gasteiger partial charge in [-0.15, -0.1) is 0 Å². The van der Waals surface area contributed by atoms with Gasteiger partial charge in [0.15, 0.2) is 0 Å². The Bertz CT molecular complexity index is 1350. The van der Waals surface area contributed by atoms with Crippen molar-refractivity contribution in [2.24, 2.45) is 0 Å². The first-order chi connectivity index (χ1) is 18.7. The van der Waals surface area contributed by atoms with Gasteiger partial charge in [-0.2, -0.15) is 5.26 Å². The van der Waals surface area contributed by atoms with Gasteiger partial charge in [0, 0.05) is 18.0 Å². The SMILES string of the molecule is COc1ccc(CNC(=O)/C(C#N)=C/c2ccccc2OCCC(c2ccccc2)c2ccccc2)cc1. The normalized spacial score (nSPS) is 11.0. The highest BCUT2D eigenvalue weighted by Gasteiger charge is 2.15. The predicted octanol–water partition coefficient (Wildman–Crippen LogP) is 6.52. The molecule has 0 unspecified atom stereocenters. The fourth-order valence-electron chi connectivity index (χ4n) is 4.24. The molecule has 0 fully saturated rings. The van der Waals surface area contributed by atoms with Crippen LogP contribution in [0.4, 0.5) is 0 Å².